The molecule has 162 valence electrons. The summed E-state index contributed by atoms with van der Waals surface area (Å²) in [5.74, 6) is 1.03. The fourth-order valence-electron chi connectivity index (χ4n) is 4.20. The van der Waals surface area contributed by atoms with Crippen LogP contribution in [0.1, 0.15) is 49.8 Å². The highest BCUT2D eigenvalue weighted by Gasteiger charge is 2.26. The molecule has 0 aliphatic heterocycles. The van der Waals surface area contributed by atoms with Crippen LogP contribution in [0.15, 0.2) is 47.6 Å². The molecule has 0 spiro atoms. The maximum absolute atomic E-state index is 12.8. The number of nitrogens with zero attached hydrogens (tertiary/aromatic N) is 3. The molecule has 1 aliphatic rings. The molecule has 1 heterocycles. The zero-order chi connectivity index (χ0) is 21.8. The molecule has 1 N–H and O–H groups in total. The van der Waals surface area contributed by atoms with E-state index in [4.69, 9.17) is 11.6 Å². The first-order valence-corrected chi connectivity index (χ1v) is 12.2. The molecule has 1 amide bonds. The number of carbonyl (C=O) groups is 1. The van der Waals surface area contributed by atoms with Crippen molar-refractivity contribution in [3.63, 3.8) is 0 Å². The number of thioether (sulfide) groups is 1. The molecule has 0 saturated heterocycles. The first-order valence-electron chi connectivity index (χ1n) is 10.8. The normalized spacial score (nSPS) is 14.2. The van der Waals surface area contributed by atoms with Crippen LogP contribution in [-0.4, -0.2) is 26.4 Å². The highest BCUT2D eigenvalue weighted by atomic mass is 35.5. The van der Waals surface area contributed by atoms with Gasteiger partial charge in [-0.05, 0) is 49.4 Å². The van der Waals surface area contributed by atoms with E-state index in [1.807, 2.05) is 43.3 Å². The summed E-state index contributed by atoms with van der Waals surface area (Å²) in [5.41, 5.74) is 4.03. The molecule has 1 saturated carbocycles. The highest BCUT2D eigenvalue weighted by molar-refractivity contribution is 7.99. The Balaban J connectivity index is 1.55. The number of benzene rings is 2. The van der Waals surface area contributed by atoms with E-state index < -0.39 is 0 Å². The Bertz CT molecular complexity index is 1080. The smallest absolute Gasteiger partial charge is 0.234 e. The van der Waals surface area contributed by atoms with Crippen molar-refractivity contribution in [3.8, 4) is 11.4 Å². The maximum Gasteiger partial charge on any atom is 0.234 e. The Morgan fingerprint density at radius 1 is 1.16 bits per heavy atom. The molecular formula is C24H27ClN4OS. The minimum atomic E-state index is -0.0331. The first-order chi connectivity index (χ1) is 15.1. The summed E-state index contributed by atoms with van der Waals surface area (Å²) in [7, 11) is 0. The molecule has 1 aromatic heterocycles. The third-order valence-corrected chi connectivity index (χ3v) is 7.08. The van der Waals surface area contributed by atoms with Crippen molar-refractivity contribution in [3.05, 3.63) is 58.6 Å². The first kappa shape index (κ1) is 21.9. The van der Waals surface area contributed by atoms with Crippen LogP contribution in [0.4, 0.5) is 5.69 Å². The Morgan fingerprint density at radius 2 is 1.94 bits per heavy atom. The number of hydrogen-bond donors (Lipinski definition) is 1. The SMILES string of the molecule is CCc1cccc(C)c1NC(=O)CSc1nnc(-c2ccccc2Cl)n1C1CCCC1. The van der Waals surface area contributed by atoms with E-state index >= 15 is 0 Å². The van der Waals surface area contributed by atoms with Gasteiger partial charge in [-0.15, -0.1) is 10.2 Å². The summed E-state index contributed by atoms with van der Waals surface area (Å²) in [6.45, 7) is 4.12. The number of nitrogens with one attached hydrogen (secondary N) is 1. The molecule has 1 aliphatic carbocycles. The van der Waals surface area contributed by atoms with Crippen LogP contribution in [0.3, 0.4) is 0 Å². The van der Waals surface area contributed by atoms with E-state index in [0.29, 0.717) is 11.1 Å². The molecule has 4 rings (SSSR count). The van der Waals surface area contributed by atoms with Crippen LogP contribution in [0.2, 0.25) is 5.02 Å². The molecule has 5 nitrogen and oxygen atoms in total. The minimum Gasteiger partial charge on any atom is -0.325 e. The van der Waals surface area contributed by atoms with Crippen LogP contribution < -0.4 is 5.32 Å². The van der Waals surface area contributed by atoms with Gasteiger partial charge in [-0.3, -0.25) is 9.36 Å². The molecule has 0 bridgehead atoms. The van der Waals surface area contributed by atoms with Gasteiger partial charge in [0.2, 0.25) is 5.91 Å². The van der Waals surface area contributed by atoms with Crippen molar-refractivity contribution < 1.29 is 4.79 Å². The average molecular weight is 455 g/mol. The lowest BCUT2D eigenvalue weighted by atomic mass is 10.1. The van der Waals surface area contributed by atoms with E-state index in [2.05, 4.69) is 33.1 Å². The summed E-state index contributed by atoms with van der Waals surface area (Å²) < 4.78 is 2.19. The largest absolute Gasteiger partial charge is 0.325 e. The number of aryl methyl sites for hydroxylation is 2. The standard InChI is InChI=1S/C24H27ClN4OS/c1-3-17-10-8-9-16(2)22(17)26-21(30)15-31-24-28-27-23(19-13-6-7-14-20(19)25)29(24)18-11-4-5-12-18/h6-10,13-14,18H,3-5,11-12,15H2,1-2H3,(H,26,30). The third kappa shape index (κ3) is 4.80. The molecule has 7 heteroatoms. The molecule has 0 atom stereocenters. The molecule has 31 heavy (non-hydrogen) atoms. The minimum absolute atomic E-state index is 0.0331. The molecule has 0 unspecified atom stereocenters. The third-order valence-electron chi connectivity index (χ3n) is 5.81. The summed E-state index contributed by atoms with van der Waals surface area (Å²) in [6, 6.07) is 14.2. The Labute approximate surface area is 192 Å². The summed E-state index contributed by atoms with van der Waals surface area (Å²) in [5, 5.41) is 13.5. The lowest BCUT2D eigenvalue weighted by Gasteiger charge is -2.17. The molecule has 0 radical (unpaired) electrons. The number of halogens is 1. The van der Waals surface area contributed by atoms with Crippen molar-refractivity contribution in [1.82, 2.24) is 14.8 Å². The van der Waals surface area contributed by atoms with Gasteiger partial charge < -0.3 is 5.32 Å². The van der Waals surface area contributed by atoms with Crippen LogP contribution in [-0.2, 0) is 11.2 Å². The molecule has 1 fully saturated rings. The topological polar surface area (TPSA) is 59.8 Å². The molecule has 3 aromatic rings. The second-order valence-electron chi connectivity index (χ2n) is 7.89. The lowest BCUT2D eigenvalue weighted by molar-refractivity contribution is -0.113. The van der Waals surface area contributed by atoms with E-state index in [1.54, 1.807) is 0 Å². The van der Waals surface area contributed by atoms with E-state index in [1.165, 1.54) is 24.6 Å². The summed E-state index contributed by atoms with van der Waals surface area (Å²) >= 11 is 7.89. The van der Waals surface area contributed by atoms with E-state index in [0.717, 1.165) is 52.6 Å². The number of hydrogen-bond acceptors (Lipinski definition) is 4. The Morgan fingerprint density at radius 3 is 2.68 bits per heavy atom. The van der Waals surface area contributed by atoms with Crippen molar-refractivity contribution in [2.75, 3.05) is 11.1 Å². The van der Waals surface area contributed by atoms with Gasteiger partial charge in [0.25, 0.3) is 0 Å². The van der Waals surface area contributed by atoms with Gasteiger partial charge in [-0.25, -0.2) is 0 Å². The van der Waals surface area contributed by atoms with Gasteiger partial charge in [0.1, 0.15) is 0 Å². The van der Waals surface area contributed by atoms with Crippen LogP contribution in [0, 0.1) is 6.92 Å². The average Bonchev–Trinajstić information content (AvgIpc) is 3.43. The number of carbonyl (C=O) groups excluding carboxylic acids is 1. The zero-order valence-corrected chi connectivity index (χ0v) is 19.5. The summed E-state index contributed by atoms with van der Waals surface area (Å²) in [6.07, 6.45) is 5.46. The van der Waals surface area contributed by atoms with Crippen LogP contribution >= 0.6 is 23.4 Å². The van der Waals surface area contributed by atoms with Gasteiger partial charge >= 0.3 is 0 Å². The number of amides is 1. The summed E-state index contributed by atoms with van der Waals surface area (Å²) in [4.78, 5) is 12.8. The number of rotatable bonds is 7. The van der Waals surface area contributed by atoms with Crippen molar-refractivity contribution in [1.29, 1.82) is 0 Å². The number of anilines is 1. The van der Waals surface area contributed by atoms with Crippen molar-refractivity contribution in [2.24, 2.45) is 0 Å². The van der Waals surface area contributed by atoms with E-state index in [9.17, 15) is 4.79 Å². The van der Waals surface area contributed by atoms with Crippen LogP contribution in [0.25, 0.3) is 11.4 Å². The van der Waals surface area contributed by atoms with Crippen molar-refractivity contribution in [2.45, 2.75) is 57.1 Å². The second kappa shape index (κ2) is 9.88. The van der Waals surface area contributed by atoms with Gasteiger partial charge in [-0.1, -0.05) is 73.5 Å². The lowest BCUT2D eigenvalue weighted by Crippen LogP contribution is -2.17. The van der Waals surface area contributed by atoms with Gasteiger partial charge in [0, 0.05) is 17.3 Å². The fourth-order valence-corrected chi connectivity index (χ4v) is 5.23. The zero-order valence-electron chi connectivity index (χ0n) is 17.9. The van der Waals surface area contributed by atoms with Gasteiger partial charge in [0.15, 0.2) is 11.0 Å². The number of aromatic nitrogens is 3. The van der Waals surface area contributed by atoms with Crippen molar-refractivity contribution >= 4 is 35.0 Å². The highest BCUT2D eigenvalue weighted by Crippen LogP contribution is 2.38. The molecular weight excluding hydrogens is 428 g/mol. The van der Waals surface area contributed by atoms with Crippen LogP contribution in [0.5, 0.6) is 0 Å². The fraction of sp³-hybridized carbons (Fsp3) is 0.375. The Kier molecular flexibility index (Phi) is 6.98. The van der Waals surface area contributed by atoms with Gasteiger partial charge in [-0.2, -0.15) is 0 Å². The monoisotopic (exact) mass is 454 g/mol. The predicted molar refractivity (Wildman–Crippen MR) is 128 cm³/mol. The maximum atomic E-state index is 12.8. The Hall–Kier alpha value is -2.31. The molecule has 2 aromatic carbocycles. The second-order valence-corrected chi connectivity index (χ2v) is 9.24. The van der Waals surface area contributed by atoms with Gasteiger partial charge in [0.05, 0.1) is 10.8 Å². The predicted octanol–water partition coefficient (Wildman–Crippen LogP) is 6.32. The quantitative estimate of drug-likeness (QED) is 0.424. The number of para-hydroxylation sites is 1. The van der Waals surface area contributed by atoms with E-state index in [-0.39, 0.29) is 11.7 Å².